The molecule has 0 amide bonds. The van der Waals surface area contributed by atoms with Gasteiger partial charge in [0.1, 0.15) is 16.6 Å². The first kappa shape index (κ1) is 17.3. The summed E-state index contributed by atoms with van der Waals surface area (Å²) in [6.45, 7) is 7.37. The molecule has 8 heteroatoms. The third kappa shape index (κ3) is 3.30. The monoisotopic (exact) mass is 365 g/mol. The second kappa shape index (κ2) is 6.76. The molecule has 0 fully saturated rings. The van der Waals surface area contributed by atoms with Gasteiger partial charge in [-0.05, 0) is 27.7 Å². The Morgan fingerprint density at radius 2 is 1.71 bits per heavy atom. The average molecular weight is 365 g/mol. The van der Waals surface area contributed by atoms with Crippen molar-refractivity contribution in [2.24, 2.45) is 0 Å². The molecule has 0 saturated carbocycles. The summed E-state index contributed by atoms with van der Waals surface area (Å²) in [5.74, 6) is 0. The topological polar surface area (TPSA) is 65.7 Å². The summed E-state index contributed by atoms with van der Waals surface area (Å²) in [6.07, 6.45) is 1.01. The molecule has 6 nitrogen and oxygen atoms in total. The van der Waals surface area contributed by atoms with E-state index in [-0.39, 0.29) is 12.2 Å². The Hall–Kier alpha value is -1.53. The van der Waals surface area contributed by atoms with Crippen LogP contribution in [0.25, 0.3) is 16.2 Å². The Morgan fingerprint density at radius 1 is 1.08 bits per heavy atom. The van der Waals surface area contributed by atoms with Crippen molar-refractivity contribution < 1.29 is 13.6 Å². The van der Waals surface area contributed by atoms with Crippen LogP contribution in [-0.4, -0.2) is 26.8 Å². The van der Waals surface area contributed by atoms with Crippen molar-refractivity contribution in [1.82, 2.24) is 14.6 Å². The number of nitrogens with zero attached hydrogens (tertiary/aromatic N) is 3. The predicted octanol–water partition coefficient (Wildman–Crippen LogP) is 4.13. The second-order valence-corrected chi connectivity index (χ2v) is 9.03. The maximum absolute atomic E-state index is 13.6. The van der Waals surface area contributed by atoms with Gasteiger partial charge in [0.15, 0.2) is 0 Å². The molecule has 0 aliphatic heterocycles. The van der Waals surface area contributed by atoms with E-state index in [9.17, 15) is 4.57 Å². The molecule has 0 spiro atoms. The minimum absolute atomic E-state index is 0.236. The minimum atomic E-state index is -3.51. The zero-order valence-electron chi connectivity index (χ0n) is 14.0. The summed E-state index contributed by atoms with van der Waals surface area (Å²) in [7, 11) is -3.51. The van der Waals surface area contributed by atoms with Crippen molar-refractivity contribution in [2.75, 3.05) is 0 Å². The van der Waals surface area contributed by atoms with Crippen molar-refractivity contribution in [3.63, 3.8) is 0 Å². The third-order valence-electron chi connectivity index (χ3n) is 3.11. The maximum Gasteiger partial charge on any atom is 0.374 e. The van der Waals surface area contributed by atoms with E-state index in [0.29, 0.717) is 15.3 Å². The second-order valence-electron chi connectivity index (χ2n) is 5.88. The van der Waals surface area contributed by atoms with Gasteiger partial charge in [-0.3, -0.25) is 4.57 Å². The number of benzene rings is 1. The molecule has 0 saturated heterocycles. The summed E-state index contributed by atoms with van der Waals surface area (Å²) in [6, 6.07) is 9.68. The fourth-order valence-corrected chi connectivity index (χ4v) is 5.97. The zero-order chi connectivity index (χ0) is 17.3. The molecule has 0 aliphatic rings. The smallest absolute Gasteiger partial charge is 0.302 e. The van der Waals surface area contributed by atoms with Gasteiger partial charge < -0.3 is 9.05 Å². The normalized spacial score (nSPS) is 12.6. The number of hydrogen-bond donors (Lipinski definition) is 0. The van der Waals surface area contributed by atoms with Crippen LogP contribution in [0.3, 0.4) is 0 Å². The Bertz CT molecular complexity index is 859. The minimum Gasteiger partial charge on any atom is -0.302 e. The Morgan fingerprint density at radius 3 is 2.29 bits per heavy atom. The van der Waals surface area contributed by atoms with Gasteiger partial charge in [-0.25, -0.2) is 9.50 Å². The lowest BCUT2D eigenvalue weighted by molar-refractivity contribution is 0.150. The van der Waals surface area contributed by atoms with Crippen LogP contribution in [-0.2, 0) is 13.6 Å². The zero-order valence-corrected chi connectivity index (χ0v) is 15.8. The Labute approximate surface area is 145 Å². The molecule has 3 rings (SSSR count). The highest BCUT2D eigenvalue weighted by atomic mass is 32.1. The highest BCUT2D eigenvalue weighted by Crippen LogP contribution is 2.53. The molecule has 3 aromatic rings. The largest absolute Gasteiger partial charge is 0.374 e. The SMILES string of the molecule is CC(C)OP(=O)(OC(C)C)c1sc2ncnn2c1-c1ccccc1. The average Bonchev–Trinajstić information content (AvgIpc) is 3.06. The molecule has 0 atom stereocenters. The van der Waals surface area contributed by atoms with Gasteiger partial charge in [-0.15, -0.1) is 0 Å². The van der Waals surface area contributed by atoms with Crippen LogP contribution in [0.4, 0.5) is 0 Å². The van der Waals surface area contributed by atoms with Crippen molar-refractivity contribution in [2.45, 2.75) is 39.9 Å². The Kier molecular flexibility index (Phi) is 4.88. The molecular formula is C16H20N3O3PS. The van der Waals surface area contributed by atoms with Crippen LogP contribution in [0.5, 0.6) is 0 Å². The van der Waals surface area contributed by atoms with Gasteiger partial charge in [-0.1, -0.05) is 41.7 Å². The van der Waals surface area contributed by atoms with E-state index < -0.39 is 7.60 Å². The quantitative estimate of drug-likeness (QED) is 0.615. The number of rotatable bonds is 6. The van der Waals surface area contributed by atoms with E-state index in [0.717, 1.165) is 5.56 Å². The maximum atomic E-state index is 13.6. The van der Waals surface area contributed by atoms with Crippen LogP contribution >= 0.6 is 18.9 Å². The lowest BCUT2D eigenvalue weighted by atomic mass is 10.2. The van der Waals surface area contributed by atoms with Crippen LogP contribution in [0.2, 0.25) is 0 Å². The summed E-state index contributed by atoms with van der Waals surface area (Å²) in [4.78, 5) is 4.89. The fourth-order valence-electron chi connectivity index (χ4n) is 2.38. The van der Waals surface area contributed by atoms with Gasteiger partial charge in [-0.2, -0.15) is 5.10 Å². The van der Waals surface area contributed by atoms with Gasteiger partial charge in [0, 0.05) is 5.56 Å². The summed E-state index contributed by atoms with van der Waals surface area (Å²) in [5, 5.41) is 4.27. The van der Waals surface area contributed by atoms with Crippen LogP contribution in [0.1, 0.15) is 27.7 Å². The standard InChI is InChI=1S/C16H20N3O3PS/c1-11(2)21-23(20,22-12(3)4)15-14(13-8-6-5-7-9-13)19-16(24-15)17-10-18-19/h5-12H,1-4H3. The van der Waals surface area contributed by atoms with E-state index >= 15 is 0 Å². The number of thiazole rings is 1. The molecule has 0 aliphatic carbocycles. The van der Waals surface area contributed by atoms with E-state index in [2.05, 4.69) is 10.1 Å². The summed E-state index contributed by atoms with van der Waals surface area (Å²) in [5.41, 5.74) is 1.60. The number of hydrogen-bond acceptors (Lipinski definition) is 6. The van der Waals surface area contributed by atoms with Gasteiger partial charge >= 0.3 is 7.60 Å². The fraction of sp³-hybridized carbons (Fsp3) is 0.375. The lowest BCUT2D eigenvalue weighted by Gasteiger charge is -2.22. The van der Waals surface area contributed by atoms with Crippen molar-refractivity contribution >= 4 is 28.5 Å². The third-order valence-corrected chi connectivity index (χ3v) is 7.01. The molecule has 0 bridgehead atoms. The van der Waals surface area contributed by atoms with E-state index in [1.807, 2.05) is 58.0 Å². The van der Waals surface area contributed by atoms with Crippen molar-refractivity contribution in [1.29, 1.82) is 0 Å². The Balaban J connectivity index is 2.24. The van der Waals surface area contributed by atoms with Gasteiger partial charge in [0.25, 0.3) is 0 Å². The first-order valence-electron chi connectivity index (χ1n) is 7.76. The van der Waals surface area contributed by atoms with Gasteiger partial charge in [0.2, 0.25) is 4.96 Å². The summed E-state index contributed by atoms with van der Waals surface area (Å²) < 4.78 is 27.4. The van der Waals surface area contributed by atoms with Crippen LogP contribution in [0, 0.1) is 0 Å². The van der Waals surface area contributed by atoms with Gasteiger partial charge in [0.05, 0.1) is 12.2 Å². The highest BCUT2D eigenvalue weighted by molar-refractivity contribution is 7.69. The molecule has 0 unspecified atom stereocenters. The lowest BCUT2D eigenvalue weighted by Crippen LogP contribution is -2.17. The number of fused-ring (bicyclic) bond motifs is 1. The van der Waals surface area contributed by atoms with Crippen molar-refractivity contribution in [3.8, 4) is 11.3 Å². The molecular weight excluding hydrogens is 345 g/mol. The molecule has 2 heterocycles. The van der Waals surface area contributed by atoms with Crippen LogP contribution in [0.15, 0.2) is 36.7 Å². The molecule has 128 valence electrons. The molecule has 0 N–H and O–H groups in total. The first-order chi connectivity index (χ1) is 11.4. The van der Waals surface area contributed by atoms with E-state index in [1.165, 1.54) is 17.7 Å². The van der Waals surface area contributed by atoms with Crippen LogP contribution < -0.4 is 4.62 Å². The van der Waals surface area contributed by atoms with E-state index in [1.54, 1.807) is 4.52 Å². The number of aromatic nitrogens is 3. The molecule has 1 aromatic carbocycles. The molecule has 0 radical (unpaired) electrons. The first-order valence-corrected chi connectivity index (χ1v) is 10.1. The van der Waals surface area contributed by atoms with Crippen molar-refractivity contribution in [3.05, 3.63) is 36.7 Å². The summed E-state index contributed by atoms with van der Waals surface area (Å²) >= 11 is 1.29. The molecule has 2 aromatic heterocycles. The highest BCUT2D eigenvalue weighted by Gasteiger charge is 2.37. The predicted molar refractivity (Wildman–Crippen MR) is 96.0 cm³/mol. The molecule has 24 heavy (non-hydrogen) atoms. The van der Waals surface area contributed by atoms with E-state index in [4.69, 9.17) is 9.05 Å².